The van der Waals surface area contributed by atoms with Crippen molar-refractivity contribution in [3.63, 3.8) is 0 Å². The number of carbonyl (C=O) groups excluding carboxylic acids is 1. The molecule has 5 nitrogen and oxygen atoms in total. The lowest BCUT2D eigenvalue weighted by Crippen LogP contribution is -2.50. The van der Waals surface area contributed by atoms with E-state index < -0.39 is 9.84 Å². The molecule has 7 heteroatoms. The van der Waals surface area contributed by atoms with Crippen molar-refractivity contribution in [1.82, 2.24) is 10.2 Å². The smallest absolute Gasteiger partial charge is 0.251 e. The van der Waals surface area contributed by atoms with Gasteiger partial charge < -0.3 is 5.32 Å². The minimum atomic E-state index is -3.11. The van der Waals surface area contributed by atoms with Gasteiger partial charge in [-0.1, -0.05) is 30.3 Å². The molecule has 2 aromatic rings. The van der Waals surface area contributed by atoms with Crippen molar-refractivity contribution in [2.24, 2.45) is 0 Å². The zero-order valence-electron chi connectivity index (χ0n) is 16.3. The largest absolute Gasteiger partial charge is 0.347 e. The van der Waals surface area contributed by atoms with E-state index in [1.807, 2.05) is 42.5 Å². The number of hydrogen-bond donors (Lipinski definition) is 1. The molecule has 2 aliphatic rings. The van der Waals surface area contributed by atoms with Gasteiger partial charge in [-0.25, -0.2) is 8.42 Å². The molecule has 2 aromatic carbocycles. The molecule has 29 heavy (non-hydrogen) atoms. The van der Waals surface area contributed by atoms with E-state index in [-0.39, 0.29) is 29.5 Å². The molecule has 1 amide bonds. The summed E-state index contributed by atoms with van der Waals surface area (Å²) in [6.07, 6.45) is 2.19. The average Bonchev–Trinajstić information content (AvgIpc) is 3.35. The predicted molar refractivity (Wildman–Crippen MR) is 117 cm³/mol. The minimum absolute atomic E-state index is 0.0327. The van der Waals surface area contributed by atoms with Gasteiger partial charge in [-0.3, -0.25) is 9.69 Å². The summed E-state index contributed by atoms with van der Waals surface area (Å²) in [5.41, 5.74) is 1.83. The fourth-order valence-electron chi connectivity index (χ4n) is 4.10. The van der Waals surface area contributed by atoms with Gasteiger partial charge in [0.2, 0.25) is 0 Å². The molecule has 4 rings (SSSR count). The molecule has 0 bridgehead atoms. The van der Waals surface area contributed by atoms with Crippen LogP contribution in [-0.2, 0) is 15.6 Å². The summed E-state index contributed by atoms with van der Waals surface area (Å²) in [5.74, 6) is 0.859. The third-order valence-corrected chi connectivity index (χ3v) is 8.41. The fraction of sp³-hybridized carbons (Fsp3) is 0.409. The van der Waals surface area contributed by atoms with E-state index in [0.717, 1.165) is 36.6 Å². The highest BCUT2D eigenvalue weighted by Gasteiger charge is 2.42. The molecule has 2 atom stereocenters. The number of carbonyl (C=O) groups is 1. The maximum absolute atomic E-state index is 12.7. The number of amides is 1. The number of hydrogen-bond acceptors (Lipinski definition) is 5. The van der Waals surface area contributed by atoms with Gasteiger partial charge in [0.1, 0.15) is 0 Å². The summed E-state index contributed by atoms with van der Waals surface area (Å²) in [4.78, 5) is 16.1. The lowest BCUT2D eigenvalue weighted by atomic mass is 10.1. The Morgan fingerprint density at radius 3 is 2.38 bits per heavy atom. The van der Waals surface area contributed by atoms with Gasteiger partial charge in [-0.15, -0.1) is 11.8 Å². The number of nitrogens with zero attached hydrogens (tertiary/aromatic N) is 1. The van der Waals surface area contributed by atoms with Crippen LogP contribution in [0.4, 0.5) is 0 Å². The van der Waals surface area contributed by atoms with Gasteiger partial charge in [-0.05, 0) is 55.8 Å². The van der Waals surface area contributed by atoms with Crippen molar-refractivity contribution in [2.45, 2.75) is 35.6 Å². The second kappa shape index (κ2) is 8.90. The van der Waals surface area contributed by atoms with Crippen LogP contribution < -0.4 is 5.32 Å². The third-order valence-electron chi connectivity index (χ3n) is 5.61. The first-order chi connectivity index (χ1) is 14.0. The molecule has 154 valence electrons. The molecule has 2 saturated heterocycles. The van der Waals surface area contributed by atoms with Gasteiger partial charge in [0, 0.05) is 22.3 Å². The van der Waals surface area contributed by atoms with Gasteiger partial charge in [0.15, 0.2) is 9.84 Å². The summed E-state index contributed by atoms with van der Waals surface area (Å²) in [5, 5.41) is 2.99. The highest BCUT2D eigenvalue weighted by atomic mass is 32.2. The van der Waals surface area contributed by atoms with E-state index in [0.29, 0.717) is 5.56 Å². The molecular formula is C22H26N2O3S2. The van der Waals surface area contributed by atoms with Crippen LogP contribution in [0.25, 0.3) is 0 Å². The Morgan fingerprint density at radius 2 is 1.69 bits per heavy atom. The molecule has 0 aliphatic carbocycles. The zero-order chi connectivity index (χ0) is 20.3. The average molecular weight is 431 g/mol. The number of thioether (sulfide) groups is 1. The van der Waals surface area contributed by atoms with E-state index in [1.54, 1.807) is 11.8 Å². The normalized spacial score (nSPS) is 23.9. The highest BCUT2D eigenvalue weighted by molar-refractivity contribution is 7.98. The monoisotopic (exact) mass is 430 g/mol. The van der Waals surface area contributed by atoms with E-state index in [9.17, 15) is 13.2 Å². The third kappa shape index (κ3) is 5.21. The van der Waals surface area contributed by atoms with Gasteiger partial charge >= 0.3 is 0 Å². The molecular weight excluding hydrogens is 404 g/mol. The molecule has 2 heterocycles. The topological polar surface area (TPSA) is 66.5 Å². The molecule has 0 radical (unpaired) electrons. The highest BCUT2D eigenvalue weighted by Crippen LogP contribution is 2.25. The predicted octanol–water partition coefficient (Wildman–Crippen LogP) is 2.97. The SMILES string of the molecule is O=C(NC1CS(=O)(=O)CC1N1CCCC1)c1ccc(SCc2ccccc2)cc1. The molecule has 0 spiro atoms. The number of rotatable bonds is 6. The summed E-state index contributed by atoms with van der Waals surface area (Å²) < 4.78 is 24.4. The standard InChI is InChI=1S/C22H26N2O3S2/c25-22(23-20-15-29(26,27)16-21(20)24-12-4-5-13-24)18-8-10-19(11-9-18)28-14-17-6-2-1-3-7-17/h1-3,6-11,20-21H,4-5,12-16H2,(H,23,25). The molecule has 1 N–H and O–H groups in total. The quantitative estimate of drug-likeness (QED) is 0.714. The van der Waals surface area contributed by atoms with Crippen molar-refractivity contribution < 1.29 is 13.2 Å². The maximum atomic E-state index is 12.7. The Bertz CT molecular complexity index is 940. The van der Waals surface area contributed by atoms with Crippen LogP contribution in [0, 0.1) is 0 Å². The Morgan fingerprint density at radius 1 is 1.00 bits per heavy atom. The molecule has 2 aliphatic heterocycles. The van der Waals surface area contributed by atoms with Crippen molar-refractivity contribution in [3.05, 3.63) is 65.7 Å². The fourth-order valence-corrected chi connectivity index (χ4v) is 6.90. The van der Waals surface area contributed by atoms with Crippen molar-refractivity contribution in [1.29, 1.82) is 0 Å². The van der Waals surface area contributed by atoms with Crippen molar-refractivity contribution >= 4 is 27.5 Å². The van der Waals surface area contributed by atoms with E-state index >= 15 is 0 Å². The van der Waals surface area contributed by atoms with Crippen LogP contribution in [0.1, 0.15) is 28.8 Å². The lowest BCUT2D eigenvalue weighted by molar-refractivity contribution is 0.0918. The van der Waals surface area contributed by atoms with Gasteiger partial charge in [0.25, 0.3) is 5.91 Å². The Balaban J connectivity index is 1.37. The summed E-state index contributed by atoms with van der Waals surface area (Å²) >= 11 is 1.73. The number of nitrogens with one attached hydrogen (secondary N) is 1. The summed E-state index contributed by atoms with van der Waals surface area (Å²) in [6.45, 7) is 1.83. The summed E-state index contributed by atoms with van der Waals surface area (Å²) in [7, 11) is -3.11. The second-order valence-corrected chi connectivity index (χ2v) is 11.0. The van der Waals surface area contributed by atoms with E-state index in [4.69, 9.17) is 0 Å². The molecule has 2 unspecified atom stereocenters. The number of benzene rings is 2. The Labute approximate surface area is 176 Å². The van der Waals surface area contributed by atoms with Crippen LogP contribution in [-0.4, -0.2) is 55.9 Å². The van der Waals surface area contributed by atoms with E-state index in [2.05, 4.69) is 22.3 Å². The van der Waals surface area contributed by atoms with Crippen molar-refractivity contribution in [2.75, 3.05) is 24.6 Å². The Hall–Kier alpha value is -1.83. The van der Waals surface area contributed by atoms with Crippen LogP contribution >= 0.6 is 11.8 Å². The van der Waals surface area contributed by atoms with Crippen LogP contribution in [0.3, 0.4) is 0 Å². The zero-order valence-corrected chi connectivity index (χ0v) is 17.9. The second-order valence-electron chi connectivity index (χ2n) is 7.77. The van der Waals surface area contributed by atoms with Gasteiger partial charge in [0.05, 0.1) is 17.5 Å². The maximum Gasteiger partial charge on any atom is 0.251 e. The molecule has 2 fully saturated rings. The van der Waals surface area contributed by atoms with Gasteiger partial charge in [-0.2, -0.15) is 0 Å². The van der Waals surface area contributed by atoms with Crippen LogP contribution in [0.15, 0.2) is 59.5 Å². The Kier molecular flexibility index (Phi) is 6.27. The van der Waals surface area contributed by atoms with Crippen molar-refractivity contribution in [3.8, 4) is 0 Å². The van der Waals surface area contributed by atoms with Crippen LogP contribution in [0.5, 0.6) is 0 Å². The lowest BCUT2D eigenvalue weighted by Gasteiger charge is -2.28. The first-order valence-electron chi connectivity index (χ1n) is 10.0. The van der Waals surface area contributed by atoms with Crippen LogP contribution in [0.2, 0.25) is 0 Å². The minimum Gasteiger partial charge on any atom is -0.347 e. The first-order valence-corrected chi connectivity index (χ1v) is 12.8. The summed E-state index contributed by atoms with van der Waals surface area (Å²) in [6, 6.07) is 17.4. The number of sulfone groups is 1. The number of likely N-dealkylation sites (tertiary alicyclic amines) is 1. The molecule has 0 saturated carbocycles. The van der Waals surface area contributed by atoms with E-state index in [1.165, 1.54) is 5.56 Å². The first kappa shape index (κ1) is 20.4. The molecule has 0 aromatic heterocycles.